The topological polar surface area (TPSA) is 96.4 Å². The lowest BCUT2D eigenvalue weighted by atomic mass is 10.0. The molecular weight excluding hydrogens is 410 g/mol. The summed E-state index contributed by atoms with van der Waals surface area (Å²) in [5.41, 5.74) is 7.72. The van der Waals surface area contributed by atoms with Gasteiger partial charge in [-0.1, -0.05) is 45.0 Å². The molecule has 0 radical (unpaired) electrons. The van der Waals surface area contributed by atoms with Crippen LogP contribution >= 0.6 is 0 Å². The molecule has 1 heterocycles. The summed E-state index contributed by atoms with van der Waals surface area (Å²) >= 11 is 0. The molecule has 1 aromatic heterocycles. The van der Waals surface area contributed by atoms with Crippen LogP contribution in [0.25, 0.3) is 0 Å². The number of benzene rings is 1. The number of methoxy groups -OCH3 is 1. The summed E-state index contributed by atoms with van der Waals surface area (Å²) < 4.78 is 13.3. The van der Waals surface area contributed by atoms with E-state index >= 15 is 0 Å². The number of imidazole rings is 1. The number of aromatic nitrogens is 2. The van der Waals surface area contributed by atoms with Crippen LogP contribution < -0.4 is 5.73 Å². The lowest BCUT2D eigenvalue weighted by Gasteiger charge is -2.39. The molecule has 0 bridgehead atoms. The van der Waals surface area contributed by atoms with Gasteiger partial charge in [-0.3, -0.25) is 9.59 Å². The first-order valence-corrected chi connectivity index (χ1v) is 13.5. The van der Waals surface area contributed by atoms with Crippen LogP contribution in [0.2, 0.25) is 18.1 Å². The van der Waals surface area contributed by atoms with Crippen molar-refractivity contribution in [3.05, 3.63) is 53.6 Å². The van der Waals surface area contributed by atoms with Crippen LogP contribution in [-0.2, 0) is 26.8 Å². The smallest absolute Gasteiger partial charge is 0.309 e. The van der Waals surface area contributed by atoms with Gasteiger partial charge in [-0.25, -0.2) is 4.98 Å². The Bertz CT molecular complexity index is 902. The number of nitrogens with two attached hydrogens (primary N) is 1. The number of carbonyl (C=O) groups excluding carboxylic acids is 2. The van der Waals surface area contributed by atoms with Gasteiger partial charge in [0.2, 0.25) is 0 Å². The van der Waals surface area contributed by atoms with Gasteiger partial charge in [0.1, 0.15) is 11.9 Å². The lowest BCUT2D eigenvalue weighted by molar-refractivity contribution is -0.139. The number of primary amides is 1. The first kappa shape index (κ1) is 24.8. The van der Waals surface area contributed by atoms with Crippen molar-refractivity contribution in [2.75, 3.05) is 7.11 Å². The molecule has 1 aromatic carbocycles. The molecule has 0 aliphatic carbocycles. The first-order chi connectivity index (χ1) is 14.4. The fourth-order valence-electron chi connectivity index (χ4n) is 3.02. The summed E-state index contributed by atoms with van der Waals surface area (Å²) in [5.74, 6) is -0.794. The lowest BCUT2D eigenvalue weighted by Crippen LogP contribution is -2.42. The van der Waals surface area contributed by atoms with Gasteiger partial charge in [-0.2, -0.15) is 0 Å². The number of hydrogen-bond acceptors (Lipinski definition) is 5. The minimum Gasteiger partial charge on any atom is -0.469 e. The maximum Gasteiger partial charge on any atom is 0.309 e. The second-order valence-electron chi connectivity index (χ2n) is 9.37. The van der Waals surface area contributed by atoms with E-state index in [1.807, 2.05) is 22.8 Å². The van der Waals surface area contributed by atoms with Crippen molar-refractivity contribution in [3.8, 4) is 0 Å². The average Bonchev–Trinajstić information content (AvgIpc) is 3.17. The Morgan fingerprint density at radius 3 is 2.48 bits per heavy atom. The maximum absolute atomic E-state index is 11.5. The number of ether oxygens (including phenoxy) is 1. The van der Waals surface area contributed by atoms with E-state index in [0.29, 0.717) is 0 Å². The number of nitrogens with zero attached hydrogens (tertiary/aromatic N) is 2. The fourth-order valence-corrected chi connectivity index (χ4v) is 4.30. The Morgan fingerprint density at radius 2 is 1.90 bits per heavy atom. The average molecular weight is 446 g/mol. The molecule has 0 fully saturated rings. The molecule has 31 heavy (non-hydrogen) atoms. The quantitative estimate of drug-likeness (QED) is 0.436. The van der Waals surface area contributed by atoms with Gasteiger partial charge < -0.3 is 19.5 Å². The van der Waals surface area contributed by atoms with Gasteiger partial charge in [0.15, 0.2) is 8.32 Å². The molecule has 2 rings (SSSR count). The van der Waals surface area contributed by atoms with E-state index in [1.165, 1.54) is 7.11 Å². The zero-order chi connectivity index (χ0) is 23.2. The zero-order valence-electron chi connectivity index (χ0n) is 19.5. The molecule has 170 valence electrons. The minimum atomic E-state index is -2.05. The molecule has 0 aliphatic rings. The number of amides is 1. The van der Waals surface area contributed by atoms with E-state index in [1.54, 1.807) is 12.5 Å². The number of aryl methyl sites for hydroxylation is 1. The van der Waals surface area contributed by atoms with Gasteiger partial charge >= 0.3 is 5.97 Å². The Morgan fingerprint density at radius 1 is 1.23 bits per heavy atom. The zero-order valence-corrected chi connectivity index (χ0v) is 20.5. The van der Waals surface area contributed by atoms with Crippen molar-refractivity contribution in [2.45, 2.75) is 70.8 Å². The second-order valence-corrected chi connectivity index (χ2v) is 14.1. The van der Waals surface area contributed by atoms with Crippen molar-refractivity contribution in [1.82, 2.24) is 9.55 Å². The normalized spacial score (nSPS) is 13.1. The highest BCUT2D eigenvalue weighted by Crippen LogP contribution is 2.39. The van der Waals surface area contributed by atoms with Crippen molar-refractivity contribution in [2.24, 2.45) is 5.73 Å². The molecule has 2 N–H and O–H groups in total. The van der Waals surface area contributed by atoms with Crippen LogP contribution in [0.5, 0.6) is 0 Å². The Labute approximate surface area is 186 Å². The van der Waals surface area contributed by atoms with Crippen molar-refractivity contribution >= 4 is 20.2 Å². The summed E-state index contributed by atoms with van der Waals surface area (Å²) in [6.45, 7) is 11.0. The third-order valence-corrected chi connectivity index (χ3v) is 10.4. The second kappa shape index (κ2) is 10.2. The Balaban J connectivity index is 2.11. The number of esters is 1. The van der Waals surface area contributed by atoms with E-state index < -0.39 is 14.2 Å². The summed E-state index contributed by atoms with van der Waals surface area (Å²) in [6, 6.07) is 8.00. The van der Waals surface area contributed by atoms with E-state index in [9.17, 15) is 9.59 Å². The van der Waals surface area contributed by atoms with Gasteiger partial charge in [0.25, 0.3) is 5.91 Å². The predicted octanol–water partition coefficient (Wildman–Crippen LogP) is 4.24. The van der Waals surface area contributed by atoms with Crippen LogP contribution in [0.3, 0.4) is 0 Å². The van der Waals surface area contributed by atoms with Gasteiger partial charge in [-0.15, -0.1) is 0 Å². The van der Waals surface area contributed by atoms with Crippen LogP contribution in [-0.4, -0.2) is 36.9 Å². The van der Waals surface area contributed by atoms with Gasteiger partial charge in [0, 0.05) is 6.20 Å². The molecule has 0 saturated heterocycles. The largest absolute Gasteiger partial charge is 0.469 e. The SMILES string of the molecule is COC(=O)Cc1cccc(CCCC(O[Si](C)(C)C(C)(C)C)n2cnc(C(N)=O)c2)c1. The van der Waals surface area contributed by atoms with Crippen molar-refractivity contribution < 1.29 is 18.8 Å². The minimum absolute atomic E-state index is 0.0561. The molecule has 1 amide bonds. The molecule has 0 saturated carbocycles. The summed E-state index contributed by atoms with van der Waals surface area (Å²) in [7, 11) is -0.648. The van der Waals surface area contributed by atoms with E-state index in [4.69, 9.17) is 14.9 Å². The molecule has 1 unspecified atom stereocenters. The van der Waals surface area contributed by atoms with Crippen LogP contribution in [0.4, 0.5) is 0 Å². The van der Waals surface area contributed by atoms with Gasteiger partial charge in [-0.05, 0) is 48.5 Å². The third kappa shape index (κ3) is 7.04. The number of rotatable bonds is 10. The van der Waals surface area contributed by atoms with Crippen LogP contribution in [0.15, 0.2) is 36.8 Å². The Hall–Kier alpha value is -2.45. The predicted molar refractivity (Wildman–Crippen MR) is 123 cm³/mol. The molecule has 0 aliphatic heterocycles. The maximum atomic E-state index is 11.5. The fraction of sp³-hybridized carbons (Fsp3) is 0.522. The monoisotopic (exact) mass is 445 g/mol. The first-order valence-electron chi connectivity index (χ1n) is 10.6. The standard InChI is InChI=1S/C23H35N3O4Si/c1-23(2,3)31(5,6)30-20(26-15-19(22(24)28)25-16-26)12-8-10-17-9-7-11-18(13-17)14-21(27)29-4/h7,9,11,13,15-16,20H,8,10,12,14H2,1-6H3,(H2,24,28). The van der Waals surface area contributed by atoms with E-state index in [0.717, 1.165) is 30.4 Å². The van der Waals surface area contributed by atoms with Gasteiger partial charge in [0.05, 0.1) is 19.9 Å². The number of carbonyl (C=O) groups is 2. The Kier molecular flexibility index (Phi) is 8.19. The summed E-state index contributed by atoms with van der Waals surface area (Å²) in [6.07, 6.45) is 5.83. The van der Waals surface area contributed by atoms with Crippen LogP contribution in [0.1, 0.15) is 61.5 Å². The van der Waals surface area contributed by atoms with E-state index in [2.05, 4.69) is 44.9 Å². The third-order valence-electron chi connectivity index (χ3n) is 5.91. The molecular formula is C23H35N3O4Si. The highest BCUT2D eigenvalue weighted by atomic mass is 28.4. The van der Waals surface area contributed by atoms with Crippen LogP contribution in [0, 0.1) is 0 Å². The molecule has 8 heteroatoms. The highest BCUT2D eigenvalue weighted by Gasteiger charge is 2.39. The van der Waals surface area contributed by atoms with Crippen molar-refractivity contribution in [3.63, 3.8) is 0 Å². The molecule has 0 spiro atoms. The summed E-state index contributed by atoms with van der Waals surface area (Å²) in [5, 5.41) is 0.0561. The van der Waals surface area contributed by atoms with E-state index in [-0.39, 0.29) is 29.4 Å². The molecule has 2 aromatic rings. The van der Waals surface area contributed by atoms with Crippen molar-refractivity contribution in [1.29, 1.82) is 0 Å². The number of hydrogen-bond donors (Lipinski definition) is 1. The molecule has 7 nitrogen and oxygen atoms in total. The highest BCUT2D eigenvalue weighted by molar-refractivity contribution is 6.74. The summed E-state index contributed by atoms with van der Waals surface area (Å²) in [4.78, 5) is 27.2. The molecule has 1 atom stereocenters.